The maximum Gasteiger partial charge on any atom is 0.270 e. The minimum atomic E-state index is -0.551. The molecule has 3 aromatic carbocycles. The summed E-state index contributed by atoms with van der Waals surface area (Å²) in [6, 6.07) is 20.0. The maximum atomic E-state index is 13.3. The minimum absolute atomic E-state index is 0.144. The quantitative estimate of drug-likeness (QED) is 0.168. The molecule has 1 aliphatic rings. The number of fused-ring (bicyclic) bond motifs is 3. The van der Waals surface area contributed by atoms with Crippen molar-refractivity contribution in [2.75, 3.05) is 19.7 Å². The van der Waals surface area contributed by atoms with Crippen molar-refractivity contribution in [2.45, 2.75) is 25.7 Å². The van der Waals surface area contributed by atoms with Gasteiger partial charge in [0.1, 0.15) is 12.4 Å². The van der Waals surface area contributed by atoms with Gasteiger partial charge in [0, 0.05) is 40.6 Å². The van der Waals surface area contributed by atoms with Gasteiger partial charge in [-0.05, 0) is 37.5 Å². The Balaban J connectivity index is 1.34. The minimum Gasteiger partial charge on any atom is -0.488 e. The van der Waals surface area contributed by atoms with Crippen LogP contribution in [0.25, 0.3) is 11.0 Å². The van der Waals surface area contributed by atoms with Crippen LogP contribution in [0.4, 0.5) is 5.69 Å². The predicted octanol–water partition coefficient (Wildman–Crippen LogP) is 5.62. The van der Waals surface area contributed by atoms with Gasteiger partial charge >= 0.3 is 0 Å². The molecular weight excluding hydrogens is 472 g/mol. The fraction of sp³-hybridized carbons (Fsp3) is 0.241. The number of ether oxygens (including phenoxy) is 1. The van der Waals surface area contributed by atoms with Gasteiger partial charge in [0.15, 0.2) is 17.1 Å². The molecule has 0 spiro atoms. The van der Waals surface area contributed by atoms with Crippen molar-refractivity contribution in [3.05, 3.63) is 105 Å². The van der Waals surface area contributed by atoms with Crippen LogP contribution in [0, 0.1) is 10.1 Å². The van der Waals surface area contributed by atoms with E-state index in [4.69, 9.17) is 9.15 Å². The topological polar surface area (TPSA) is 103 Å². The molecule has 8 nitrogen and oxygen atoms in total. The highest BCUT2D eigenvalue weighted by atomic mass is 16.6. The molecule has 188 valence electrons. The number of para-hydroxylation sites is 1. The first-order valence-corrected chi connectivity index (χ1v) is 12.3. The SMILES string of the molecule is O=C(CN(CCOc1cccc2c3c(oc12)CCCC3)C(=O)c1ccccc1)c1cccc([N+](=O)[O-])c1. The van der Waals surface area contributed by atoms with Gasteiger partial charge in [0.25, 0.3) is 11.6 Å². The molecule has 0 radical (unpaired) electrons. The fourth-order valence-electron chi connectivity index (χ4n) is 4.71. The van der Waals surface area contributed by atoms with Crippen molar-refractivity contribution in [2.24, 2.45) is 0 Å². The first-order valence-electron chi connectivity index (χ1n) is 12.3. The Hall–Kier alpha value is -4.46. The van der Waals surface area contributed by atoms with Crippen LogP contribution in [0.5, 0.6) is 5.75 Å². The number of hydrogen-bond acceptors (Lipinski definition) is 6. The van der Waals surface area contributed by atoms with E-state index in [-0.39, 0.29) is 36.9 Å². The van der Waals surface area contributed by atoms with Crippen LogP contribution in [0.1, 0.15) is 44.9 Å². The number of rotatable bonds is 9. The number of non-ortho nitro benzene ring substituents is 1. The molecular formula is C29H26N2O6. The molecule has 0 saturated heterocycles. The zero-order valence-electron chi connectivity index (χ0n) is 20.2. The number of furan rings is 1. The molecule has 8 heteroatoms. The van der Waals surface area contributed by atoms with Gasteiger partial charge in [-0.1, -0.05) is 42.5 Å². The average molecular weight is 499 g/mol. The van der Waals surface area contributed by atoms with E-state index >= 15 is 0 Å². The second kappa shape index (κ2) is 10.7. The lowest BCUT2D eigenvalue weighted by atomic mass is 9.96. The Morgan fingerprint density at radius 3 is 2.51 bits per heavy atom. The first-order chi connectivity index (χ1) is 18.0. The standard InChI is InChI=1S/C29H26N2O6/c32-25(21-10-6-11-22(18-21)31(34)35)19-30(29(33)20-8-2-1-3-9-20)16-17-36-27-15-7-13-24-23-12-4-5-14-26(23)37-28(24)27/h1-3,6-11,13,15,18H,4-5,12,14,16-17,19H2. The number of nitrogens with zero attached hydrogens (tertiary/aromatic N) is 2. The van der Waals surface area contributed by atoms with Crippen molar-refractivity contribution in [1.82, 2.24) is 4.90 Å². The number of Topliss-reactive ketones (excluding diaryl/α,β-unsaturated/α-hetero) is 1. The van der Waals surface area contributed by atoms with Gasteiger partial charge in [0.05, 0.1) is 18.0 Å². The lowest BCUT2D eigenvalue weighted by Gasteiger charge is -2.22. The van der Waals surface area contributed by atoms with E-state index in [1.54, 1.807) is 24.3 Å². The van der Waals surface area contributed by atoms with Gasteiger partial charge in [-0.3, -0.25) is 19.7 Å². The average Bonchev–Trinajstić information content (AvgIpc) is 3.32. The van der Waals surface area contributed by atoms with Crippen LogP contribution in [-0.2, 0) is 12.8 Å². The Morgan fingerprint density at radius 2 is 1.70 bits per heavy atom. The Labute approximate surface area is 213 Å². The molecule has 0 bridgehead atoms. The second-order valence-corrected chi connectivity index (χ2v) is 9.02. The first kappa shape index (κ1) is 24.2. The van der Waals surface area contributed by atoms with Crippen molar-refractivity contribution in [3.8, 4) is 5.75 Å². The van der Waals surface area contributed by atoms with Gasteiger partial charge < -0.3 is 14.1 Å². The molecule has 0 atom stereocenters. The molecule has 1 heterocycles. The molecule has 0 N–H and O–H groups in total. The lowest BCUT2D eigenvalue weighted by Crippen LogP contribution is -2.38. The monoisotopic (exact) mass is 498 g/mol. The predicted molar refractivity (Wildman–Crippen MR) is 138 cm³/mol. The highest BCUT2D eigenvalue weighted by Crippen LogP contribution is 2.36. The van der Waals surface area contributed by atoms with Crippen molar-refractivity contribution >= 4 is 28.3 Å². The molecule has 1 aliphatic carbocycles. The highest BCUT2D eigenvalue weighted by Gasteiger charge is 2.23. The van der Waals surface area contributed by atoms with Crippen LogP contribution in [0.3, 0.4) is 0 Å². The molecule has 37 heavy (non-hydrogen) atoms. The third-order valence-electron chi connectivity index (χ3n) is 6.59. The van der Waals surface area contributed by atoms with Crippen molar-refractivity contribution < 1.29 is 23.7 Å². The summed E-state index contributed by atoms with van der Waals surface area (Å²) in [4.78, 5) is 38.3. The van der Waals surface area contributed by atoms with E-state index in [0.717, 1.165) is 36.8 Å². The summed E-state index contributed by atoms with van der Waals surface area (Å²) in [5.74, 6) is 0.896. The Morgan fingerprint density at radius 1 is 0.946 bits per heavy atom. The summed E-state index contributed by atoms with van der Waals surface area (Å²) in [6.07, 6.45) is 4.16. The molecule has 5 rings (SSSR count). The number of hydrogen-bond donors (Lipinski definition) is 0. The summed E-state index contributed by atoms with van der Waals surface area (Å²) < 4.78 is 12.2. The molecule has 0 fully saturated rings. The number of carbonyl (C=O) groups is 2. The zero-order valence-corrected chi connectivity index (χ0v) is 20.2. The van der Waals surface area contributed by atoms with E-state index < -0.39 is 10.7 Å². The largest absolute Gasteiger partial charge is 0.488 e. The van der Waals surface area contributed by atoms with Gasteiger partial charge in [-0.25, -0.2) is 0 Å². The van der Waals surface area contributed by atoms with Gasteiger partial charge in [-0.2, -0.15) is 0 Å². The van der Waals surface area contributed by atoms with E-state index in [0.29, 0.717) is 16.9 Å². The number of nitro groups is 1. The van der Waals surface area contributed by atoms with Crippen LogP contribution in [0.15, 0.2) is 77.2 Å². The molecule has 0 saturated carbocycles. The van der Waals surface area contributed by atoms with Crippen LogP contribution in [-0.4, -0.2) is 41.2 Å². The Kier molecular flexibility index (Phi) is 6.98. The summed E-state index contributed by atoms with van der Waals surface area (Å²) in [5.41, 5.74) is 2.39. The number of benzene rings is 3. The number of amides is 1. The number of nitro benzene ring substituents is 1. The normalized spacial score (nSPS) is 12.6. The summed E-state index contributed by atoms with van der Waals surface area (Å²) in [6.45, 7) is 0.0496. The van der Waals surface area contributed by atoms with E-state index in [1.807, 2.05) is 24.3 Å². The third-order valence-corrected chi connectivity index (χ3v) is 6.59. The highest BCUT2D eigenvalue weighted by molar-refractivity contribution is 6.02. The van der Waals surface area contributed by atoms with Crippen LogP contribution >= 0.6 is 0 Å². The zero-order chi connectivity index (χ0) is 25.8. The van der Waals surface area contributed by atoms with Gasteiger partial charge in [-0.15, -0.1) is 0 Å². The maximum absolute atomic E-state index is 13.3. The number of ketones is 1. The second-order valence-electron chi connectivity index (χ2n) is 9.02. The van der Waals surface area contributed by atoms with Crippen LogP contribution in [0.2, 0.25) is 0 Å². The lowest BCUT2D eigenvalue weighted by molar-refractivity contribution is -0.384. The molecule has 0 unspecified atom stereocenters. The number of aryl methyl sites for hydroxylation is 2. The summed E-state index contributed by atoms with van der Waals surface area (Å²) >= 11 is 0. The third kappa shape index (κ3) is 5.23. The van der Waals surface area contributed by atoms with Crippen molar-refractivity contribution in [3.63, 3.8) is 0 Å². The molecule has 1 amide bonds. The van der Waals surface area contributed by atoms with Crippen molar-refractivity contribution in [1.29, 1.82) is 0 Å². The van der Waals surface area contributed by atoms with E-state index in [9.17, 15) is 19.7 Å². The number of carbonyl (C=O) groups excluding carboxylic acids is 2. The molecule has 4 aromatic rings. The van der Waals surface area contributed by atoms with Crippen LogP contribution < -0.4 is 4.74 Å². The molecule has 0 aliphatic heterocycles. The fourth-order valence-corrected chi connectivity index (χ4v) is 4.71. The summed E-state index contributed by atoms with van der Waals surface area (Å²) in [5, 5.41) is 12.2. The summed E-state index contributed by atoms with van der Waals surface area (Å²) in [7, 11) is 0. The Bertz CT molecular complexity index is 1460. The molecule has 1 aromatic heterocycles. The van der Waals surface area contributed by atoms with E-state index in [1.165, 1.54) is 34.7 Å². The smallest absolute Gasteiger partial charge is 0.270 e. The van der Waals surface area contributed by atoms with E-state index in [2.05, 4.69) is 0 Å². The van der Waals surface area contributed by atoms with Gasteiger partial charge in [0.2, 0.25) is 0 Å².